The molecule has 35 heavy (non-hydrogen) atoms. The van der Waals surface area contributed by atoms with Crippen LogP contribution in [0.25, 0.3) is 0 Å². The molecule has 0 bridgehead atoms. The summed E-state index contributed by atoms with van der Waals surface area (Å²) < 4.78 is 0.963. The number of nitrogens with zero attached hydrogens (tertiary/aromatic N) is 3. The van der Waals surface area contributed by atoms with Crippen molar-refractivity contribution in [2.24, 2.45) is 5.92 Å². The zero-order valence-electron chi connectivity index (χ0n) is 20.4. The zero-order chi connectivity index (χ0) is 25.4. The normalized spacial score (nSPS) is 19.1. The number of phenols is 1. The van der Waals surface area contributed by atoms with Gasteiger partial charge in [0.1, 0.15) is 30.5 Å². The molecule has 4 rings (SSSR count). The van der Waals surface area contributed by atoms with Crippen molar-refractivity contribution in [1.82, 2.24) is 9.80 Å². The molecule has 10 nitrogen and oxygen atoms in total. The molecule has 186 valence electrons. The zero-order valence-corrected chi connectivity index (χ0v) is 20.4. The number of benzene rings is 1. The third-order valence-corrected chi connectivity index (χ3v) is 6.82. The van der Waals surface area contributed by atoms with Crippen LogP contribution in [0.5, 0.6) is 5.75 Å². The molecule has 0 aliphatic carbocycles. The topological polar surface area (TPSA) is 128 Å². The number of hydrogen-bond donors (Lipinski definition) is 3. The van der Waals surface area contributed by atoms with E-state index >= 15 is 0 Å². The second kappa shape index (κ2) is 9.44. The predicted octanol–water partition coefficient (Wildman–Crippen LogP) is 1.81. The number of carbonyl (C=O) groups is 1. The van der Waals surface area contributed by atoms with Gasteiger partial charge in [-0.05, 0) is 38.0 Å². The number of anilines is 3. The number of aromatic hydroxyl groups is 1. The first-order valence-electron chi connectivity index (χ1n) is 11.8. The molecular formula is C25H31N5O5. The first-order valence-corrected chi connectivity index (χ1v) is 11.8. The number of nitrogens with one attached hydrogen (secondary N) is 2. The number of amidine groups is 1. The van der Waals surface area contributed by atoms with Crippen LogP contribution in [0.4, 0.5) is 17.1 Å². The Labute approximate surface area is 203 Å². The summed E-state index contributed by atoms with van der Waals surface area (Å²) in [5, 5.41) is 28.9. The highest BCUT2D eigenvalue weighted by Crippen LogP contribution is 2.32. The second-order valence-electron chi connectivity index (χ2n) is 9.47. The number of amides is 1. The SMILES string of the molecule is CC(C)[C@H](C)Nc1c(Nc2cccc(C(=O)N3CCN(C4=[N+]([O-])C(C)C=C4)CC3)c2O)c(=O)c1=O. The van der Waals surface area contributed by atoms with Crippen LogP contribution in [-0.2, 0) is 0 Å². The average Bonchev–Trinajstić information content (AvgIpc) is 3.19. The third-order valence-electron chi connectivity index (χ3n) is 6.82. The van der Waals surface area contributed by atoms with Crippen molar-refractivity contribution in [2.75, 3.05) is 36.8 Å². The molecule has 1 amide bonds. The van der Waals surface area contributed by atoms with Crippen molar-refractivity contribution >= 4 is 28.8 Å². The highest BCUT2D eigenvalue weighted by Gasteiger charge is 2.32. The Morgan fingerprint density at radius 2 is 1.77 bits per heavy atom. The summed E-state index contributed by atoms with van der Waals surface area (Å²) in [4.78, 5) is 41.0. The van der Waals surface area contributed by atoms with Gasteiger partial charge in [-0.2, -0.15) is 0 Å². The molecule has 0 radical (unpaired) electrons. The lowest BCUT2D eigenvalue weighted by atomic mass is 10.0. The van der Waals surface area contributed by atoms with Crippen LogP contribution < -0.4 is 21.5 Å². The van der Waals surface area contributed by atoms with Gasteiger partial charge in [0.15, 0.2) is 5.75 Å². The molecule has 2 aromatic carbocycles. The predicted molar refractivity (Wildman–Crippen MR) is 135 cm³/mol. The minimum absolute atomic E-state index is 0.0335. The molecule has 0 spiro atoms. The van der Waals surface area contributed by atoms with Crippen molar-refractivity contribution in [1.29, 1.82) is 0 Å². The van der Waals surface area contributed by atoms with Crippen LogP contribution in [-0.4, -0.2) is 69.7 Å². The highest BCUT2D eigenvalue weighted by molar-refractivity contribution is 5.99. The molecule has 1 saturated heterocycles. The van der Waals surface area contributed by atoms with Gasteiger partial charge in [-0.15, -0.1) is 0 Å². The summed E-state index contributed by atoms with van der Waals surface area (Å²) >= 11 is 0. The molecule has 2 aliphatic rings. The molecule has 2 atom stereocenters. The van der Waals surface area contributed by atoms with Crippen LogP contribution in [0.15, 0.2) is 39.9 Å². The molecular weight excluding hydrogens is 450 g/mol. The van der Waals surface area contributed by atoms with Crippen LogP contribution in [0.3, 0.4) is 0 Å². The van der Waals surface area contributed by atoms with Crippen LogP contribution in [0.1, 0.15) is 38.1 Å². The molecule has 2 aromatic rings. The maximum Gasteiger partial charge on any atom is 0.275 e. The fourth-order valence-electron chi connectivity index (χ4n) is 4.13. The molecule has 0 saturated carbocycles. The first kappa shape index (κ1) is 24.3. The van der Waals surface area contributed by atoms with Gasteiger partial charge in [-0.3, -0.25) is 24.0 Å². The van der Waals surface area contributed by atoms with Crippen molar-refractivity contribution in [3.05, 3.63) is 61.6 Å². The summed E-state index contributed by atoms with van der Waals surface area (Å²) in [6, 6.07) is 4.44. The van der Waals surface area contributed by atoms with Crippen LogP contribution in [0, 0.1) is 11.1 Å². The van der Waals surface area contributed by atoms with Gasteiger partial charge in [0, 0.05) is 12.1 Å². The quantitative estimate of drug-likeness (QED) is 0.247. The number of para-hydroxylation sites is 1. The average molecular weight is 482 g/mol. The Balaban J connectivity index is 1.48. The summed E-state index contributed by atoms with van der Waals surface area (Å²) in [6.45, 7) is 9.54. The molecule has 2 heterocycles. The van der Waals surface area contributed by atoms with Crippen molar-refractivity contribution in [3.8, 4) is 5.75 Å². The van der Waals surface area contributed by atoms with Gasteiger partial charge in [0.2, 0.25) is 0 Å². The van der Waals surface area contributed by atoms with Crippen LogP contribution >= 0.6 is 0 Å². The fourth-order valence-corrected chi connectivity index (χ4v) is 4.13. The lowest BCUT2D eigenvalue weighted by Crippen LogP contribution is -2.51. The second-order valence-corrected chi connectivity index (χ2v) is 9.47. The summed E-state index contributed by atoms with van der Waals surface area (Å²) in [6.07, 6.45) is 3.65. The highest BCUT2D eigenvalue weighted by atomic mass is 16.5. The first-order chi connectivity index (χ1) is 16.6. The Hall–Kier alpha value is -3.82. The molecule has 2 aliphatic heterocycles. The number of carbonyl (C=O) groups excluding carboxylic acids is 1. The standard InChI is InChI=1S/C25H31N5O5/c1-14(2)16(4)26-20-21(24(33)23(20)32)27-18-7-5-6-17(22(18)31)25(34)29-12-10-28(11-13-29)19-9-8-15(3)30(19)35/h5-9,14-16,26-27,31H,10-13H2,1-4H3/t15?,16-/m0/s1. The molecule has 1 fully saturated rings. The smallest absolute Gasteiger partial charge is 0.275 e. The number of hydroxylamine groups is 1. The van der Waals surface area contributed by atoms with E-state index in [4.69, 9.17) is 0 Å². The monoisotopic (exact) mass is 481 g/mol. The molecule has 3 N–H and O–H groups in total. The molecule has 1 unspecified atom stereocenters. The summed E-state index contributed by atoms with van der Waals surface area (Å²) in [7, 11) is 0. The third kappa shape index (κ3) is 4.48. The van der Waals surface area contributed by atoms with Crippen molar-refractivity contribution in [3.63, 3.8) is 0 Å². The van der Waals surface area contributed by atoms with E-state index in [2.05, 4.69) is 10.6 Å². The van der Waals surface area contributed by atoms with E-state index in [-0.39, 0.29) is 52.3 Å². The minimum atomic E-state index is -0.670. The maximum atomic E-state index is 13.2. The minimum Gasteiger partial charge on any atom is -0.715 e. The Bertz CT molecular complexity index is 1270. The Kier molecular flexibility index (Phi) is 6.56. The largest absolute Gasteiger partial charge is 0.715 e. The van der Waals surface area contributed by atoms with Crippen molar-refractivity contribution in [2.45, 2.75) is 39.8 Å². The van der Waals surface area contributed by atoms with Gasteiger partial charge in [0.05, 0.1) is 24.3 Å². The number of rotatable bonds is 6. The van der Waals surface area contributed by atoms with Gasteiger partial charge < -0.3 is 25.8 Å². The lowest BCUT2D eigenvalue weighted by molar-refractivity contribution is -0.483. The number of phenolic OH excluding ortho intramolecular Hbond substituents is 1. The maximum absolute atomic E-state index is 13.2. The van der Waals surface area contributed by atoms with Gasteiger partial charge in [-0.25, -0.2) is 0 Å². The van der Waals surface area contributed by atoms with Gasteiger partial charge in [0.25, 0.3) is 22.6 Å². The van der Waals surface area contributed by atoms with Crippen LogP contribution in [0.2, 0.25) is 0 Å². The van der Waals surface area contributed by atoms with E-state index in [0.29, 0.717) is 32.0 Å². The van der Waals surface area contributed by atoms with Gasteiger partial charge in [-0.1, -0.05) is 19.9 Å². The Morgan fingerprint density at radius 3 is 2.37 bits per heavy atom. The number of hydrogen-bond acceptors (Lipinski definition) is 8. The number of piperazine rings is 1. The van der Waals surface area contributed by atoms with E-state index in [1.165, 1.54) is 6.07 Å². The molecule has 0 aromatic heterocycles. The Morgan fingerprint density at radius 1 is 1.11 bits per heavy atom. The van der Waals surface area contributed by atoms with E-state index in [1.807, 2.05) is 44.7 Å². The van der Waals surface area contributed by atoms with E-state index < -0.39 is 10.9 Å². The summed E-state index contributed by atoms with van der Waals surface area (Å²) in [5.74, 6) is 0.207. The van der Waals surface area contributed by atoms with E-state index in [9.17, 15) is 24.7 Å². The van der Waals surface area contributed by atoms with Crippen molar-refractivity contribution < 1.29 is 14.6 Å². The van der Waals surface area contributed by atoms with Gasteiger partial charge >= 0.3 is 0 Å². The van der Waals surface area contributed by atoms with E-state index in [0.717, 1.165) is 4.74 Å². The molecule has 10 heteroatoms. The van der Waals surface area contributed by atoms with E-state index in [1.54, 1.807) is 17.0 Å². The fraction of sp³-hybridized carbons (Fsp3) is 0.440. The summed E-state index contributed by atoms with van der Waals surface area (Å²) in [5.41, 5.74) is -0.747. The lowest BCUT2D eigenvalue weighted by Gasteiger charge is -2.32.